The van der Waals surface area contributed by atoms with E-state index in [1.807, 2.05) is 11.3 Å². The molecule has 0 atom stereocenters. The van der Waals surface area contributed by atoms with Crippen molar-refractivity contribution in [3.05, 3.63) is 16.1 Å². The molecule has 1 saturated heterocycles. The monoisotopic (exact) mass is 253 g/mol. The van der Waals surface area contributed by atoms with Crippen LogP contribution in [0.15, 0.2) is 5.38 Å². The van der Waals surface area contributed by atoms with Gasteiger partial charge in [-0.05, 0) is 20.3 Å². The molecule has 0 bridgehead atoms. The highest BCUT2D eigenvalue weighted by molar-refractivity contribution is 7.09. The molecule has 1 aliphatic heterocycles. The number of rotatable bonds is 4. The second-order valence-electron chi connectivity index (χ2n) is 5.19. The smallest absolute Gasteiger partial charge is 0.113 e. The zero-order valence-electron chi connectivity index (χ0n) is 11.1. The molecule has 4 heteroatoms. The van der Waals surface area contributed by atoms with E-state index in [2.05, 4.69) is 36.4 Å². The lowest BCUT2D eigenvalue weighted by atomic mass is 10.0. The van der Waals surface area contributed by atoms with Crippen molar-refractivity contribution in [1.82, 2.24) is 15.2 Å². The number of nitrogens with one attached hydrogen (secondary N) is 1. The first-order chi connectivity index (χ1) is 8.14. The molecule has 0 saturated carbocycles. The van der Waals surface area contributed by atoms with Gasteiger partial charge in [0.2, 0.25) is 0 Å². The van der Waals surface area contributed by atoms with E-state index < -0.39 is 0 Å². The molecule has 1 aromatic rings. The van der Waals surface area contributed by atoms with Crippen LogP contribution in [0.3, 0.4) is 0 Å². The quantitative estimate of drug-likeness (QED) is 0.892. The number of thiazole rings is 1. The average molecular weight is 253 g/mol. The van der Waals surface area contributed by atoms with Gasteiger partial charge in [-0.3, -0.25) is 4.90 Å². The molecule has 1 aromatic heterocycles. The minimum atomic E-state index is 0.0821. The summed E-state index contributed by atoms with van der Waals surface area (Å²) in [5.74, 6) is 0. The summed E-state index contributed by atoms with van der Waals surface area (Å²) < 4.78 is 0. The van der Waals surface area contributed by atoms with Crippen molar-refractivity contribution in [3.8, 4) is 0 Å². The predicted octanol–water partition coefficient (Wildman–Crippen LogP) is 2.24. The maximum atomic E-state index is 4.80. The van der Waals surface area contributed by atoms with Crippen LogP contribution in [-0.4, -0.2) is 36.1 Å². The van der Waals surface area contributed by atoms with Crippen molar-refractivity contribution >= 4 is 11.3 Å². The van der Waals surface area contributed by atoms with E-state index in [1.165, 1.54) is 17.1 Å². The van der Waals surface area contributed by atoms with Gasteiger partial charge in [0.05, 0.1) is 11.2 Å². The Hall–Kier alpha value is -0.450. The predicted molar refractivity (Wildman–Crippen MR) is 73.6 cm³/mol. The van der Waals surface area contributed by atoms with Gasteiger partial charge in [-0.15, -0.1) is 11.3 Å². The van der Waals surface area contributed by atoms with Crippen LogP contribution in [0, 0.1) is 0 Å². The topological polar surface area (TPSA) is 28.2 Å². The normalized spacial score (nSPS) is 18.5. The Morgan fingerprint density at radius 1 is 1.41 bits per heavy atom. The van der Waals surface area contributed by atoms with E-state index in [-0.39, 0.29) is 5.54 Å². The van der Waals surface area contributed by atoms with E-state index in [0.29, 0.717) is 0 Å². The molecule has 17 heavy (non-hydrogen) atoms. The molecule has 0 amide bonds. The zero-order chi connectivity index (χ0) is 12.3. The van der Waals surface area contributed by atoms with Crippen molar-refractivity contribution in [2.75, 3.05) is 26.2 Å². The van der Waals surface area contributed by atoms with Gasteiger partial charge < -0.3 is 5.32 Å². The van der Waals surface area contributed by atoms with Gasteiger partial charge >= 0.3 is 0 Å². The summed E-state index contributed by atoms with van der Waals surface area (Å²) in [6.45, 7) is 11.2. The van der Waals surface area contributed by atoms with Crippen LogP contribution in [0.1, 0.15) is 37.9 Å². The molecule has 0 spiro atoms. The number of aryl methyl sites for hydroxylation is 1. The van der Waals surface area contributed by atoms with Crippen LogP contribution < -0.4 is 5.32 Å². The van der Waals surface area contributed by atoms with Crippen molar-refractivity contribution in [2.24, 2.45) is 0 Å². The molecule has 0 aliphatic carbocycles. The number of piperazine rings is 1. The van der Waals surface area contributed by atoms with Gasteiger partial charge in [0.15, 0.2) is 0 Å². The third-order valence-electron chi connectivity index (χ3n) is 3.49. The Bertz CT molecular complexity index is 353. The summed E-state index contributed by atoms with van der Waals surface area (Å²) in [6.07, 6.45) is 2.28. The molecule has 96 valence electrons. The van der Waals surface area contributed by atoms with E-state index in [4.69, 9.17) is 4.98 Å². The molecule has 0 aromatic carbocycles. The maximum Gasteiger partial charge on any atom is 0.113 e. The van der Waals surface area contributed by atoms with Crippen LogP contribution in [0.5, 0.6) is 0 Å². The van der Waals surface area contributed by atoms with Crippen molar-refractivity contribution in [2.45, 2.75) is 39.2 Å². The van der Waals surface area contributed by atoms with Crippen LogP contribution in [0.25, 0.3) is 0 Å². The van der Waals surface area contributed by atoms with Gasteiger partial charge in [-0.1, -0.05) is 13.3 Å². The Labute approximate surface area is 108 Å². The second-order valence-corrected chi connectivity index (χ2v) is 6.05. The van der Waals surface area contributed by atoms with Gasteiger partial charge in [0.25, 0.3) is 0 Å². The van der Waals surface area contributed by atoms with Crippen LogP contribution in [-0.2, 0) is 12.0 Å². The van der Waals surface area contributed by atoms with E-state index in [9.17, 15) is 0 Å². The molecule has 2 rings (SSSR count). The highest BCUT2D eigenvalue weighted by Gasteiger charge is 2.32. The Morgan fingerprint density at radius 3 is 2.76 bits per heavy atom. The minimum Gasteiger partial charge on any atom is -0.314 e. The summed E-state index contributed by atoms with van der Waals surface area (Å²) in [5.41, 5.74) is 1.34. The molecule has 0 unspecified atom stereocenters. The van der Waals surface area contributed by atoms with Crippen molar-refractivity contribution in [1.29, 1.82) is 0 Å². The zero-order valence-corrected chi connectivity index (χ0v) is 11.9. The third kappa shape index (κ3) is 2.87. The summed E-state index contributed by atoms with van der Waals surface area (Å²) in [5, 5.41) is 6.90. The lowest BCUT2D eigenvalue weighted by Crippen LogP contribution is -2.51. The molecular formula is C13H23N3S. The highest BCUT2D eigenvalue weighted by Crippen LogP contribution is 2.30. The number of hydrogen-bond donors (Lipinski definition) is 1. The van der Waals surface area contributed by atoms with Crippen LogP contribution >= 0.6 is 11.3 Å². The summed E-state index contributed by atoms with van der Waals surface area (Å²) in [4.78, 5) is 7.34. The van der Waals surface area contributed by atoms with Gasteiger partial charge in [-0.2, -0.15) is 0 Å². The Balaban J connectivity index is 2.11. The fourth-order valence-corrected chi connectivity index (χ4v) is 3.32. The number of hydrogen-bond acceptors (Lipinski definition) is 4. The fourth-order valence-electron chi connectivity index (χ4n) is 2.32. The van der Waals surface area contributed by atoms with Gasteiger partial charge in [0.1, 0.15) is 5.01 Å². The molecule has 1 N–H and O–H groups in total. The average Bonchev–Trinajstić information content (AvgIpc) is 2.80. The molecule has 3 nitrogen and oxygen atoms in total. The fraction of sp³-hybridized carbons (Fsp3) is 0.769. The first kappa shape index (κ1) is 13.0. The summed E-state index contributed by atoms with van der Waals surface area (Å²) in [6, 6.07) is 0. The van der Waals surface area contributed by atoms with Gasteiger partial charge in [-0.25, -0.2) is 4.98 Å². The lowest BCUT2D eigenvalue weighted by Gasteiger charge is -2.39. The molecule has 0 radical (unpaired) electrons. The first-order valence-corrected chi connectivity index (χ1v) is 7.43. The van der Waals surface area contributed by atoms with Crippen molar-refractivity contribution < 1.29 is 0 Å². The number of aromatic nitrogens is 1. The largest absolute Gasteiger partial charge is 0.314 e. The second kappa shape index (κ2) is 5.46. The van der Waals surface area contributed by atoms with Crippen LogP contribution in [0.2, 0.25) is 0 Å². The molecule has 1 aliphatic rings. The van der Waals surface area contributed by atoms with Gasteiger partial charge in [0, 0.05) is 31.6 Å². The third-order valence-corrected chi connectivity index (χ3v) is 4.69. The standard InChI is InChI=1S/C13H23N3S/c1-4-5-11-10-17-12(15-11)13(2,3)16-8-6-14-7-9-16/h10,14H,4-9H2,1-3H3. The van der Waals surface area contributed by atoms with Crippen LogP contribution in [0.4, 0.5) is 0 Å². The Kier molecular flexibility index (Phi) is 4.17. The van der Waals surface area contributed by atoms with E-state index in [1.54, 1.807) is 0 Å². The first-order valence-electron chi connectivity index (χ1n) is 6.55. The molecule has 1 fully saturated rings. The van der Waals surface area contributed by atoms with Crippen molar-refractivity contribution in [3.63, 3.8) is 0 Å². The maximum absolute atomic E-state index is 4.80. The van der Waals surface area contributed by atoms with E-state index >= 15 is 0 Å². The molecule has 2 heterocycles. The van der Waals surface area contributed by atoms with E-state index in [0.717, 1.165) is 32.6 Å². The lowest BCUT2D eigenvalue weighted by molar-refractivity contribution is 0.102. The highest BCUT2D eigenvalue weighted by atomic mass is 32.1. The Morgan fingerprint density at radius 2 is 2.12 bits per heavy atom. The number of nitrogens with zero attached hydrogens (tertiary/aromatic N) is 2. The minimum absolute atomic E-state index is 0.0821. The summed E-state index contributed by atoms with van der Waals surface area (Å²) >= 11 is 1.82. The molecular weight excluding hydrogens is 230 g/mol. The SMILES string of the molecule is CCCc1csc(C(C)(C)N2CCNCC2)n1. The summed E-state index contributed by atoms with van der Waals surface area (Å²) in [7, 11) is 0.